The summed E-state index contributed by atoms with van der Waals surface area (Å²) in [6, 6.07) is 17.7. The van der Waals surface area contributed by atoms with E-state index in [1.54, 1.807) is 0 Å². The molecule has 2 aromatic carbocycles. The molecule has 2 unspecified atom stereocenters. The van der Waals surface area contributed by atoms with E-state index in [0.717, 1.165) is 30.8 Å². The number of primary amides is 1. The van der Waals surface area contributed by atoms with Crippen LogP contribution in [0.5, 0.6) is 11.5 Å². The number of nitrogens with one attached hydrogen (secondary N) is 1. The first-order valence-electron chi connectivity index (χ1n) is 7.59. The molecule has 1 aliphatic rings. The highest BCUT2D eigenvalue weighted by Crippen LogP contribution is 2.36. The van der Waals surface area contributed by atoms with Gasteiger partial charge in [0, 0.05) is 6.04 Å². The molecule has 0 saturated heterocycles. The molecule has 0 heterocycles. The fraction of sp³-hybridized carbons (Fsp3) is 0.278. The van der Waals surface area contributed by atoms with Crippen LogP contribution in [0.25, 0.3) is 0 Å². The lowest BCUT2D eigenvalue weighted by molar-refractivity contribution is 0.245. The Kier molecular flexibility index (Phi) is 4.28. The van der Waals surface area contributed by atoms with Crippen molar-refractivity contribution in [1.29, 1.82) is 0 Å². The number of carbonyl (C=O) groups excluding carboxylic acids is 1. The Morgan fingerprint density at radius 2 is 1.82 bits per heavy atom. The van der Waals surface area contributed by atoms with Crippen LogP contribution in [0.1, 0.15) is 30.7 Å². The molecule has 1 fully saturated rings. The minimum Gasteiger partial charge on any atom is -0.457 e. The van der Waals surface area contributed by atoms with Crippen LogP contribution < -0.4 is 15.8 Å². The Balaban J connectivity index is 1.68. The average Bonchev–Trinajstić information content (AvgIpc) is 2.96. The van der Waals surface area contributed by atoms with Crippen molar-refractivity contribution in [1.82, 2.24) is 5.32 Å². The summed E-state index contributed by atoms with van der Waals surface area (Å²) in [5, 5.41) is 2.80. The van der Waals surface area contributed by atoms with Gasteiger partial charge >= 0.3 is 6.03 Å². The zero-order valence-corrected chi connectivity index (χ0v) is 12.4. The van der Waals surface area contributed by atoms with E-state index in [9.17, 15) is 4.79 Å². The Labute approximate surface area is 130 Å². The van der Waals surface area contributed by atoms with E-state index >= 15 is 0 Å². The summed E-state index contributed by atoms with van der Waals surface area (Å²) in [5.41, 5.74) is 6.45. The highest BCUT2D eigenvalue weighted by Gasteiger charge is 2.26. The standard InChI is InChI=1S/C18H20N2O2/c19-18(21)20-15-10-9-14(11-15)13-5-4-8-17(12-13)22-16-6-2-1-3-7-16/h1-8,12,14-15H,9-11H2,(H3,19,20,21). The second-order valence-electron chi connectivity index (χ2n) is 5.70. The van der Waals surface area contributed by atoms with E-state index in [-0.39, 0.29) is 6.04 Å². The van der Waals surface area contributed by atoms with Crippen LogP contribution >= 0.6 is 0 Å². The normalized spacial score (nSPS) is 20.5. The lowest BCUT2D eigenvalue weighted by Crippen LogP contribution is -2.36. The summed E-state index contributed by atoms with van der Waals surface area (Å²) in [6.45, 7) is 0. The third-order valence-corrected chi connectivity index (χ3v) is 4.09. The third-order valence-electron chi connectivity index (χ3n) is 4.09. The summed E-state index contributed by atoms with van der Waals surface area (Å²) in [5.74, 6) is 2.12. The molecule has 4 heteroatoms. The second kappa shape index (κ2) is 6.52. The Morgan fingerprint density at radius 1 is 1.05 bits per heavy atom. The van der Waals surface area contributed by atoms with Crippen molar-refractivity contribution in [2.24, 2.45) is 5.73 Å². The maximum Gasteiger partial charge on any atom is 0.312 e. The first kappa shape index (κ1) is 14.4. The fourth-order valence-corrected chi connectivity index (χ4v) is 3.07. The summed E-state index contributed by atoms with van der Waals surface area (Å²) in [6.07, 6.45) is 2.95. The number of amides is 2. The van der Waals surface area contributed by atoms with Gasteiger partial charge in [-0.25, -0.2) is 4.79 Å². The van der Waals surface area contributed by atoms with Gasteiger partial charge in [0.2, 0.25) is 0 Å². The maximum absolute atomic E-state index is 10.9. The number of ether oxygens (including phenoxy) is 1. The Bertz CT molecular complexity index is 643. The van der Waals surface area contributed by atoms with Crippen molar-refractivity contribution in [3.63, 3.8) is 0 Å². The fourth-order valence-electron chi connectivity index (χ4n) is 3.07. The largest absolute Gasteiger partial charge is 0.457 e. The molecule has 22 heavy (non-hydrogen) atoms. The smallest absolute Gasteiger partial charge is 0.312 e. The molecule has 0 spiro atoms. The van der Waals surface area contributed by atoms with Gasteiger partial charge < -0.3 is 15.8 Å². The molecule has 2 amide bonds. The molecule has 1 aliphatic carbocycles. The lowest BCUT2D eigenvalue weighted by Gasteiger charge is -2.13. The number of carbonyl (C=O) groups is 1. The first-order chi connectivity index (χ1) is 10.7. The maximum atomic E-state index is 10.9. The highest BCUT2D eigenvalue weighted by molar-refractivity contribution is 5.72. The monoisotopic (exact) mass is 296 g/mol. The molecule has 0 aliphatic heterocycles. The van der Waals surface area contributed by atoms with Gasteiger partial charge in [0.05, 0.1) is 0 Å². The molecule has 3 rings (SSSR count). The van der Waals surface area contributed by atoms with E-state index < -0.39 is 6.03 Å². The van der Waals surface area contributed by atoms with E-state index in [4.69, 9.17) is 10.5 Å². The minimum absolute atomic E-state index is 0.182. The molecule has 0 aromatic heterocycles. The summed E-state index contributed by atoms with van der Waals surface area (Å²) >= 11 is 0. The van der Waals surface area contributed by atoms with Gasteiger partial charge in [-0.2, -0.15) is 0 Å². The average molecular weight is 296 g/mol. The molecular formula is C18H20N2O2. The van der Waals surface area contributed by atoms with Gasteiger partial charge in [0.25, 0.3) is 0 Å². The van der Waals surface area contributed by atoms with Gasteiger partial charge in [-0.15, -0.1) is 0 Å². The van der Waals surface area contributed by atoms with Crippen LogP contribution in [0, 0.1) is 0 Å². The molecule has 114 valence electrons. The van der Waals surface area contributed by atoms with Crippen molar-refractivity contribution in [2.75, 3.05) is 0 Å². The topological polar surface area (TPSA) is 64.4 Å². The van der Waals surface area contributed by atoms with Crippen molar-refractivity contribution < 1.29 is 9.53 Å². The lowest BCUT2D eigenvalue weighted by atomic mass is 9.97. The second-order valence-corrected chi connectivity index (χ2v) is 5.70. The van der Waals surface area contributed by atoms with Crippen LogP contribution in [-0.4, -0.2) is 12.1 Å². The predicted octanol–water partition coefficient (Wildman–Crippen LogP) is 3.78. The Hall–Kier alpha value is -2.49. The molecule has 2 aromatic rings. The van der Waals surface area contributed by atoms with Crippen molar-refractivity contribution in [3.05, 3.63) is 60.2 Å². The van der Waals surface area contributed by atoms with Crippen LogP contribution in [-0.2, 0) is 0 Å². The molecule has 0 radical (unpaired) electrons. The molecule has 3 N–H and O–H groups in total. The van der Waals surface area contributed by atoms with Gasteiger partial charge in [0.15, 0.2) is 0 Å². The number of rotatable bonds is 4. The molecular weight excluding hydrogens is 276 g/mol. The van der Waals surface area contributed by atoms with Crippen molar-refractivity contribution in [2.45, 2.75) is 31.2 Å². The van der Waals surface area contributed by atoms with Crippen molar-refractivity contribution >= 4 is 6.03 Å². The molecule has 0 bridgehead atoms. The van der Waals surface area contributed by atoms with Crippen LogP contribution in [0.15, 0.2) is 54.6 Å². The minimum atomic E-state index is -0.438. The third kappa shape index (κ3) is 3.58. The zero-order valence-electron chi connectivity index (χ0n) is 12.4. The predicted molar refractivity (Wildman–Crippen MR) is 86.1 cm³/mol. The molecule has 4 nitrogen and oxygen atoms in total. The molecule has 1 saturated carbocycles. The first-order valence-corrected chi connectivity index (χ1v) is 7.59. The van der Waals surface area contributed by atoms with Crippen molar-refractivity contribution in [3.8, 4) is 11.5 Å². The van der Waals surface area contributed by atoms with E-state index in [2.05, 4.69) is 17.4 Å². The Morgan fingerprint density at radius 3 is 2.59 bits per heavy atom. The SMILES string of the molecule is NC(=O)NC1CCC(c2cccc(Oc3ccccc3)c2)C1. The van der Waals surface area contributed by atoms with E-state index in [1.807, 2.05) is 42.5 Å². The van der Waals surface area contributed by atoms with Crippen LogP contribution in [0.3, 0.4) is 0 Å². The number of urea groups is 1. The van der Waals surface area contributed by atoms with Gasteiger partial charge in [-0.3, -0.25) is 0 Å². The van der Waals surface area contributed by atoms with Gasteiger partial charge in [-0.1, -0.05) is 30.3 Å². The van der Waals surface area contributed by atoms with Crippen LogP contribution in [0.2, 0.25) is 0 Å². The quantitative estimate of drug-likeness (QED) is 0.901. The number of para-hydroxylation sites is 1. The number of hydrogen-bond acceptors (Lipinski definition) is 2. The van der Waals surface area contributed by atoms with E-state index in [0.29, 0.717) is 5.92 Å². The van der Waals surface area contributed by atoms with Gasteiger partial charge in [0.1, 0.15) is 11.5 Å². The molecule has 2 atom stereocenters. The summed E-state index contributed by atoms with van der Waals surface area (Å²) < 4.78 is 5.88. The number of nitrogens with two attached hydrogens (primary N) is 1. The number of hydrogen-bond donors (Lipinski definition) is 2. The highest BCUT2D eigenvalue weighted by atomic mass is 16.5. The van der Waals surface area contributed by atoms with E-state index in [1.165, 1.54) is 5.56 Å². The summed E-state index contributed by atoms with van der Waals surface area (Å²) in [7, 11) is 0. The summed E-state index contributed by atoms with van der Waals surface area (Å²) in [4.78, 5) is 10.9. The van der Waals surface area contributed by atoms with Gasteiger partial charge in [-0.05, 0) is 55.0 Å². The zero-order chi connectivity index (χ0) is 15.4. The number of benzene rings is 2. The van der Waals surface area contributed by atoms with Crippen LogP contribution in [0.4, 0.5) is 4.79 Å².